The SMILES string of the molecule is C=C(N=C(N=CCC/C=C\N=CC)c1ncc(I)n1C)c1ccccc1. The van der Waals surface area contributed by atoms with Crippen molar-refractivity contribution in [2.24, 2.45) is 22.0 Å². The highest BCUT2D eigenvalue weighted by molar-refractivity contribution is 14.1. The van der Waals surface area contributed by atoms with Crippen molar-refractivity contribution in [1.29, 1.82) is 0 Å². The van der Waals surface area contributed by atoms with Gasteiger partial charge in [-0.3, -0.25) is 4.99 Å². The van der Waals surface area contributed by atoms with E-state index >= 15 is 0 Å². The molecule has 0 atom stereocenters. The number of aromatic nitrogens is 2. The number of amidine groups is 1. The van der Waals surface area contributed by atoms with Crippen LogP contribution in [-0.2, 0) is 7.05 Å². The van der Waals surface area contributed by atoms with Crippen LogP contribution in [0.2, 0.25) is 0 Å². The second kappa shape index (κ2) is 10.6. The Morgan fingerprint density at radius 2 is 2.04 bits per heavy atom. The summed E-state index contributed by atoms with van der Waals surface area (Å²) in [4.78, 5) is 17.7. The summed E-state index contributed by atoms with van der Waals surface area (Å²) in [7, 11) is 1.95. The summed E-state index contributed by atoms with van der Waals surface area (Å²) in [5, 5.41) is 0. The van der Waals surface area contributed by atoms with Crippen molar-refractivity contribution in [3.05, 3.63) is 70.5 Å². The van der Waals surface area contributed by atoms with Crippen LogP contribution < -0.4 is 0 Å². The van der Waals surface area contributed by atoms with Gasteiger partial charge in [0.2, 0.25) is 0 Å². The third-order valence-electron chi connectivity index (χ3n) is 3.50. The molecule has 2 aromatic rings. The number of allylic oxidation sites excluding steroid dienone is 1. The fourth-order valence-corrected chi connectivity index (χ4v) is 2.47. The molecule has 2 rings (SSSR count). The quantitative estimate of drug-likeness (QED) is 0.252. The molecule has 1 aromatic heterocycles. The van der Waals surface area contributed by atoms with Crippen LogP contribution in [0.4, 0.5) is 0 Å². The van der Waals surface area contributed by atoms with E-state index in [2.05, 4.69) is 49.1 Å². The third kappa shape index (κ3) is 5.87. The van der Waals surface area contributed by atoms with Crippen molar-refractivity contribution in [1.82, 2.24) is 9.55 Å². The van der Waals surface area contributed by atoms with Gasteiger partial charge in [0.05, 0.1) is 15.6 Å². The van der Waals surface area contributed by atoms with E-state index in [1.165, 1.54) is 0 Å². The van der Waals surface area contributed by atoms with Gasteiger partial charge in [-0.15, -0.1) is 0 Å². The predicted molar refractivity (Wildman–Crippen MR) is 119 cm³/mol. The molecule has 0 saturated carbocycles. The van der Waals surface area contributed by atoms with Crippen molar-refractivity contribution in [3.63, 3.8) is 0 Å². The molecule has 26 heavy (non-hydrogen) atoms. The van der Waals surface area contributed by atoms with Gasteiger partial charge in [-0.25, -0.2) is 15.0 Å². The number of nitrogens with zero attached hydrogens (tertiary/aromatic N) is 5. The summed E-state index contributed by atoms with van der Waals surface area (Å²) in [5.74, 6) is 1.27. The van der Waals surface area contributed by atoms with E-state index in [1.807, 2.05) is 61.2 Å². The normalized spacial score (nSPS) is 12.7. The van der Waals surface area contributed by atoms with Gasteiger partial charge in [-0.2, -0.15) is 0 Å². The molecule has 0 aliphatic heterocycles. The van der Waals surface area contributed by atoms with Crippen LogP contribution in [0.3, 0.4) is 0 Å². The zero-order chi connectivity index (χ0) is 18.8. The van der Waals surface area contributed by atoms with Crippen LogP contribution >= 0.6 is 22.6 Å². The Hall–Kier alpha value is -2.35. The molecule has 1 aromatic carbocycles. The molecule has 0 fully saturated rings. The van der Waals surface area contributed by atoms with Gasteiger partial charge in [0, 0.05) is 25.7 Å². The number of rotatable bonds is 7. The van der Waals surface area contributed by atoms with Gasteiger partial charge in [-0.05, 0) is 47.9 Å². The highest BCUT2D eigenvalue weighted by atomic mass is 127. The average Bonchev–Trinajstić information content (AvgIpc) is 2.99. The Labute approximate surface area is 168 Å². The Balaban J connectivity index is 2.21. The van der Waals surface area contributed by atoms with Crippen LogP contribution in [-0.4, -0.2) is 27.8 Å². The molecule has 5 nitrogen and oxygen atoms in total. The molecule has 6 heteroatoms. The molecular formula is C20H22IN5. The van der Waals surface area contributed by atoms with Crippen molar-refractivity contribution in [3.8, 4) is 0 Å². The number of hydrogen-bond acceptors (Lipinski definition) is 3. The molecule has 0 spiro atoms. The van der Waals surface area contributed by atoms with E-state index in [9.17, 15) is 0 Å². The highest BCUT2D eigenvalue weighted by Crippen LogP contribution is 2.16. The molecule has 0 saturated heterocycles. The first-order valence-corrected chi connectivity index (χ1v) is 9.37. The number of halogens is 1. The molecule has 0 aliphatic carbocycles. The Morgan fingerprint density at radius 1 is 1.27 bits per heavy atom. The Morgan fingerprint density at radius 3 is 2.69 bits per heavy atom. The first kappa shape index (κ1) is 20.0. The Kier molecular flexibility index (Phi) is 8.14. The topological polar surface area (TPSA) is 54.9 Å². The lowest BCUT2D eigenvalue weighted by molar-refractivity contribution is 0.871. The maximum atomic E-state index is 4.63. The van der Waals surface area contributed by atoms with Crippen molar-refractivity contribution < 1.29 is 0 Å². The number of hydrogen-bond donors (Lipinski definition) is 0. The molecule has 0 unspecified atom stereocenters. The van der Waals surface area contributed by atoms with Crippen LogP contribution in [0.1, 0.15) is 31.2 Å². The second-order valence-electron chi connectivity index (χ2n) is 5.39. The number of imidazole rings is 1. The zero-order valence-electron chi connectivity index (χ0n) is 15.0. The minimum Gasteiger partial charge on any atom is -0.320 e. The zero-order valence-corrected chi connectivity index (χ0v) is 17.2. The Bertz CT molecular complexity index is 844. The molecule has 0 amide bonds. The van der Waals surface area contributed by atoms with Crippen LogP contribution in [0.25, 0.3) is 5.70 Å². The summed E-state index contributed by atoms with van der Waals surface area (Å²) in [6.07, 6.45) is 10.9. The first-order chi connectivity index (χ1) is 12.6. The standard InChI is InChI=1S/C20H22IN5/c1-4-22-13-9-6-10-14-23-19(20-24-15-18(21)26(20)3)25-16(2)17-11-7-5-8-12-17/h4-5,7-9,11-15H,2,6,10H2,1,3H3/b13-9-,22-4?,23-14?,25-19?. The fraction of sp³-hybridized carbons (Fsp3) is 0.200. The molecule has 0 aliphatic rings. The third-order valence-corrected chi connectivity index (χ3v) is 4.50. The monoisotopic (exact) mass is 459 g/mol. The molecule has 134 valence electrons. The van der Waals surface area contributed by atoms with E-state index < -0.39 is 0 Å². The minimum atomic E-state index is 0.555. The van der Waals surface area contributed by atoms with E-state index in [0.29, 0.717) is 17.4 Å². The van der Waals surface area contributed by atoms with Crippen LogP contribution in [0.5, 0.6) is 0 Å². The first-order valence-electron chi connectivity index (χ1n) is 8.29. The molecular weight excluding hydrogens is 437 g/mol. The van der Waals surface area contributed by atoms with Gasteiger partial charge in [0.25, 0.3) is 0 Å². The van der Waals surface area contributed by atoms with Gasteiger partial charge >= 0.3 is 0 Å². The summed E-state index contributed by atoms with van der Waals surface area (Å²) < 4.78 is 2.98. The highest BCUT2D eigenvalue weighted by Gasteiger charge is 2.11. The van der Waals surface area contributed by atoms with Gasteiger partial charge < -0.3 is 4.57 Å². The lowest BCUT2D eigenvalue weighted by atomic mass is 10.2. The van der Waals surface area contributed by atoms with E-state index in [0.717, 1.165) is 22.1 Å². The van der Waals surface area contributed by atoms with Gasteiger partial charge in [0.1, 0.15) is 0 Å². The van der Waals surface area contributed by atoms with E-state index in [-0.39, 0.29) is 0 Å². The number of unbranched alkanes of at least 4 members (excludes halogenated alkanes) is 1. The smallest absolute Gasteiger partial charge is 0.196 e. The van der Waals surface area contributed by atoms with Crippen LogP contribution in [0.15, 0.2) is 70.4 Å². The van der Waals surface area contributed by atoms with Gasteiger partial charge in [0.15, 0.2) is 11.7 Å². The number of aliphatic imine (C=N–C) groups is 3. The molecule has 1 heterocycles. The fourth-order valence-electron chi connectivity index (χ4n) is 2.10. The summed E-state index contributed by atoms with van der Waals surface area (Å²) >= 11 is 2.24. The summed E-state index contributed by atoms with van der Waals surface area (Å²) in [5.41, 5.74) is 1.62. The predicted octanol–water partition coefficient (Wildman–Crippen LogP) is 4.90. The maximum absolute atomic E-state index is 4.63. The summed E-state index contributed by atoms with van der Waals surface area (Å²) in [6.45, 7) is 5.97. The van der Waals surface area contributed by atoms with E-state index in [1.54, 1.807) is 18.6 Å². The lowest BCUT2D eigenvalue weighted by Crippen LogP contribution is -2.08. The van der Waals surface area contributed by atoms with Crippen molar-refractivity contribution in [2.45, 2.75) is 19.8 Å². The maximum Gasteiger partial charge on any atom is 0.196 e. The number of benzene rings is 1. The molecule has 0 radical (unpaired) electrons. The van der Waals surface area contributed by atoms with Crippen molar-refractivity contribution in [2.75, 3.05) is 0 Å². The minimum absolute atomic E-state index is 0.555. The van der Waals surface area contributed by atoms with Gasteiger partial charge in [-0.1, -0.05) is 43.0 Å². The van der Waals surface area contributed by atoms with Crippen LogP contribution in [0, 0.1) is 3.70 Å². The largest absolute Gasteiger partial charge is 0.320 e. The van der Waals surface area contributed by atoms with E-state index in [4.69, 9.17) is 0 Å². The lowest BCUT2D eigenvalue weighted by Gasteiger charge is -2.05. The molecule has 0 bridgehead atoms. The second-order valence-corrected chi connectivity index (χ2v) is 6.50. The van der Waals surface area contributed by atoms with Crippen molar-refractivity contribution >= 4 is 46.6 Å². The average molecular weight is 459 g/mol. The molecule has 0 N–H and O–H groups in total. The summed E-state index contributed by atoms with van der Waals surface area (Å²) in [6, 6.07) is 9.86.